The maximum absolute atomic E-state index is 13.2. The standard InChI is InChI=1S/C16H23O5P/c17-10-6-14(19)8-12-22(21,13-9-15(20)7-11-18)16-4-2-1-3-5-16/h1-5,17-18H,6-13H2. The van der Waals surface area contributed by atoms with Gasteiger partial charge in [-0.25, -0.2) is 0 Å². The number of aliphatic hydroxyl groups is 2. The summed E-state index contributed by atoms with van der Waals surface area (Å²) in [6, 6.07) is 8.91. The quantitative estimate of drug-likeness (QED) is 0.599. The van der Waals surface area contributed by atoms with Crippen LogP contribution in [0.2, 0.25) is 0 Å². The Morgan fingerprint density at radius 2 is 1.27 bits per heavy atom. The fourth-order valence-electron chi connectivity index (χ4n) is 2.18. The lowest BCUT2D eigenvalue weighted by atomic mass is 10.2. The summed E-state index contributed by atoms with van der Waals surface area (Å²) in [5, 5.41) is 18.2. The van der Waals surface area contributed by atoms with E-state index in [1.54, 1.807) is 24.3 Å². The Morgan fingerprint density at radius 3 is 1.68 bits per heavy atom. The van der Waals surface area contributed by atoms with Crippen LogP contribution in [0.1, 0.15) is 25.7 Å². The minimum atomic E-state index is -2.83. The second-order valence-electron chi connectivity index (χ2n) is 5.20. The van der Waals surface area contributed by atoms with Gasteiger partial charge < -0.3 is 14.8 Å². The molecule has 0 saturated carbocycles. The van der Waals surface area contributed by atoms with Gasteiger partial charge in [0.1, 0.15) is 18.7 Å². The summed E-state index contributed by atoms with van der Waals surface area (Å²) in [6.07, 6.45) is 0.836. The third-order valence-corrected chi connectivity index (χ3v) is 6.64. The smallest absolute Gasteiger partial charge is 0.135 e. The van der Waals surface area contributed by atoms with Crippen molar-refractivity contribution in [2.24, 2.45) is 0 Å². The Bertz CT molecular complexity index is 501. The third kappa shape index (κ3) is 6.22. The number of Topliss-reactive ketones (excluding diaryl/α,β-unsaturated/α-hetero) is 2. The highest BCUT2D eigenvalue weighted by atomic mass is 31.2. The van der Waals surface area contributed by atoms with Crippen molar-refractivity contribution in [3.05, 3.63) is 30.3 Å². The Labute approximate surface area is 130 Å². The molecular weight excluding hydrogens is 303 g/mol. The first-order valence-corrected chi connectivity index (χ1v) is 9.48. The van der Waals surface area contributed by atoms with Crippen molar-refractivity contribution < 1.29 is 24.4 Å². The molecule has 0 aliphatic rings. The van der Waals surface area contributed by atoms with E-state index in [0.29, 0.717) is 5.30 Å². The summed E-state index contributed by atoms with van der Waals surface area (Å²) < 4.78 is 13.2. The molecule has 0 aliphatic carbocycles. The maximum Gasteiger partial charge on any atom is 0.135 e. The minimum absolute atomic E-state index is 0.0677. The molecule has 0 saturated heterocycles. The number of hydrogen-bond acceptors (Lipinski definition) is 5. The second-order valence-corrected chi connectivity index (χ2v) is 8.39. The summed E-state index contributed by atoms with van der Waals surface area (Å²) in [7, 11) is -2.83. The van der Waals surface area contributed by atoms with Gasteiger partial charge in [0.2, 0.25) is 0 Å². The van der Waals surface area contributed by atoms with Crippen molar-refractivity contribution in [2.75, 3.05) is 25.5 Å². The van der Waals surface area contributed by atoms with Crippen LogP contribution in [-0.4, -0.2) is 47.3 Å². The SMILES string of the molecule is O=C(CCO)CCP(=O)(CCC(=O)CCO)c1ccccc1. The van der Waals surface area contributed by atoms with Gasteiger partial charge in [-0.05, 0) is 0 Å². The van der Waals surface area contributed by atoms with Crippen LogP contribution in [0.15, 0.2) is 30.3 Å². The summed E-state index contributed by atoms with van der Waals surface area (Å²) in [5.74, 6) is -0.249. The highest BCUT2D eigenvalue weighted by Crippen LogP contribution is 2.45. The molecule has 0 bridgehead atoms. The number of rotatable bonds is 11. The van der Waals surface area contributed by atoms with Crippen LogP contribution in [0.5, 0.6) is 0 Å². The molecule has 5 nitrogen and oxygen atoms in total. The number of hydrogen-bond donors (Lipinski definition) is 2. The van der Waals surface area contributed by atoms with Crippen LogP contribution in [-0.2, 0) is 14.2 Å². The Balaban J connectivity index is 2.79. The van der Waals surface area contributed by atoms with Gasteiger partial charge in [-0.1, -0.05) is 30.3 Å². The van der Waals surface area contributed by atoms with Crippen LogP contribution in [0.25, 0.3) is 0 Å². The molecule has 0 amide bonds. The molecule has 0 spiro atoms. The molecule has 0 unspecified atom stereocenters. The fourth-order valence-corrected chi connectivity index (χ4v) is 4.86. The van der Waals surface area contributed by atoms with E-state index in [9.17, 15) is 14.2 Å². The number of carbonyl (C=O) groups excluding carboxylic acids is 2. The first kappa shape index (κ1) is 18.8. The van der Waals surface area contributed by atoms with Crippen LogP contribution in [0.3, 0.4) is 0 Å². The molecular formula is C16H23O5P. The van der Waals surface area contributed by atoms with Gasteiger partial charge in [-0.15, -0.1) is 0 Å². The molecule has 0 aliphatic heterocycles. The number of benzene rings is 1. The summed E-state index contributed by atoms with van der Waals surface area (Å²) in [4.78, 5) is 23.2. The molecule has 122 valence electrons. The van der Waals surface area contributed by atoms with Crippen molar-refractivity contribution in [1.82, 2.24) is 0 Å². The molecule has 1 rings (SSSR count). The Kier molecular flexibility index (Phi) is 8.25. The highest BCUT2D eigenvalue weighted by Gasteiger charge is 2.26. The van der Waals surface area contributed by atoms with Gasteiger partial charge in [-0.2, -0.15) is 0 Å². The number of ketones is 2. The van der Waals surface area contributed by atoms with E-state index in [4.69, 9.17) is 10.2 Å². The fraction of sp³-hybridized carbons (Fsp3) is 0.500. The lowest BCUT2D eigenvalue weighted by Gasteiger charge is -2.18. The molecule has 0 heterocycles. The number of carbonyl (C=O) groups is 2. The van der Waals surface area contributed by atoms with Crippen molar-refractivity contribution in [1.29, 1.82) is 0 Å². The Hall–Kier alpha value is -1.29. The van der Waals surface area contributed by atoms with Gasteiger partial charge in [-0.3, -0.25) is 9.59 Å². The van der Waals surface area contributed by atoms with E-state index in [0.717, 1.165) is 0 Å². The predicted molar refractivity (Wildman–Crippen MR) is 86.1 cm³/mol. The largest absolute Gasteiger partial charge is 0.396 e. The van der Waals surface area contributed by atoms with Crippen molar-refractivity contribution in [3.63, 3.8) is 0 Å². The monoisotopic (exact) mass is 326 g/mol. The van der Waals surface area contributed by atoms with Gasteiger partial charge in [0, 0.05) is 56.5 Å². The lowest BCUT2D eigenvalue weighted by Crippen LogP contribution is -2.16. The molecule has 1 aromatic rings. The molecule has 0 radical (unpaired) electrons. The zero-order valence-electron chi connectivity index (χ0n) is 12.6. The van der Waals surface area contributed by atoms with Gasteiger partial charge in [0.05, 0.1) is 0 Å². The van der Waals surface area contributed by atoms with Crippen LogP contribution in [0, 0.1) is 0 Å². The zero-order chi connectivity index (χ0) is 16.4. The molecule has 2 N–H and O–H groups in total. The molecule has 6 heteroatoms. The summed E-state index contributed by atoms with van der Waals surface area (Å²) >= 11 is 0. The second kappa shape index (κ2) is 9.67. The van der Waals surface area contributed by atoms with Crippen LogP contribution < -0.4 is 5.30 Å². The molecule has 0 fully saturated rings. The van der Waals surface area contributed by atoms with E-state index in [1.807, 2.05) is 6.07 Å². The van der Waals surface area contributed by atoms with E-state index < -0.39 is 7.14 Å². The summed E-state index contributed by atoms with van der Waals surface area (Å²) in [5.41, 5.74) is 0. The van der Waals surface area contributed by atoms with E-state index in [2.05, 4.69) is 0 Å². The van der Waals surface area contributed by atoms with Crippen LogP contribution in [0.4, 0.5) is 0 Å². The third-order valence-electron chi connectivity index (χ3n) is 3.51. The summed E-state index contributed by atoms with van der Waals surface area (Å²) in [6.45, 7) is -0.410. The normalized spacial score (nSPS) is 11.4. The minimum Gasteiger partial charge on any atom is -0.396 e. The van der Waals surface area contributed by atoms with Gasteiger partial charge >= 0.3 is 0 Å². The Morgan fingerprint density at radius 1 is 0.818 bits per heavy atom. The first-order valence-electron chi connectivity index (χ1n) is 7.40. The zero-order valence-corrected chi connectivity index (χ0v) is 13.5. The van der Waals surface area contributed by atoms with E-state index in [1.165, 1.54) is 0 Å². The van der Waals surface area contributed by atoms with E-state index >= 15 is 0 Å². The van der Waals surface area contributed by atoms with Gasteiger partial charge in [0.25, 0.3) is 0 Å². The molecule has 0 aromatic heterocycles. The molecule has 1 aromatic carbocycles. The predicted octanol–water partition coefficient (Wildman–Crippen LogP) is 1.36. The first-order chi connectivity index (χ1) is 10.5. The average Bonchev–Trinajstić information content (AvgIpc) is 2.52. The highest BCUT2D eigenvalue weighted by molar-refractivity contribution is 7.71. The maximum atomic E-state index is 13.2. The van der Waals surface area contributed by atoms with E-state index in [-0.39, 0.29) is 62.8 Å². The number of aliphatic hydroxyl groups excluding tert-OH is 2. The van der Waals surface area contributed by atoms with Gasteiger partial charge in [0.15, 0.2) is 0 Å². The molecule has 22 heavy (non-hydrogen) atoms. The topological polar surface area (TPSA) is 91.7 Å². The van der Waals surface area contributed by atoms with Crippen molar-refractivity contribution in [2.45, 2.75) is 25.7 Å². The molecule has 0 atom stereocenters. The lowest BCUT2D eigenvalue weighted by molar-refractivity contribution is -0.120. The van der Waals surface area contributed by atoms with Crippen LogP contribution >= 0.6 is 7.14 Å². The average molecular weight is 326 g/mol. The van der Waals surface area contributed by atoms with Crippen molar-refractivity contribution >= 4 is 24.0 Å². The van der Waals surface area contributed by atoms with Crippen molar-refractivity contribution in [3.8, 4) is 0 Å².